The molecular weight excluding hydrogens is 307 g/mol. The fraction of sp³-hybridized carbons (Fsp3) is 0.333. The van der Waals surface area contributed by atoms with E-state index in [4.69, 9.17) is 35.4 Å². The number of sulfonamides is 1. The number of rotatable bonds is 5. The highest BCUT2D eigenvalue weighted by Crippen LogP contribution is 2.31. The molecule has 0 amide bonds. The van der Waals surface area contributed by atoms with Crippen LogP contribution in [0, 0.1) is 12.3 Å². The molecule has 104 valence electrons. The lowest BCUT2D eigenvalue weighted by Gasteiger charge is -2.15. The van der Waals surface area contributed by atoms with Crippen LogP contribution in [0.1, 0.15) is 19.8 Å². The van der Waals surface area contributed by atoms with Gasteiger partial charge in [0.2, 0.25) is 10.0 Å². The van der Waals surface area contributed by atoms with Crippen LogP contribution < -0.4 is 10.5 Å². The van der Waals surface area contributed by atoms with Crippen LogP contribution in [0.4, 0.5) is 5.69 Å². The average molecular weight is 321 g/mol. The number of anilines is 1. The van der Waals surface area contributed by atoms with Crippen molar-refractivity contribution in [3.05, 3.63) is 22.2 Å². The second-order valence-electron chi connectivity index (χ2n) is 3.94. The predicted molar refractivity (Wildman–Crippen MR) is 78.7 cm³/mol. The van der Waals surface area contributed by atoms with Gasteiger partial charge in [-0.15, -0.1) is 6.42 Å². The Labute approximate surface area is 123 Å². The first-order chi connectivity index (χ1) is 8.81. The van der Waals surface area contributed by atoms with Gasteiger partial charge in [0.25, 0.3) is 0 Å². The molecule has 0 radical (unpaired) electrons. The van der Waals surface area contributed by atoms with E-state index in [1.165, 1.54) is 12.1 Å². The third-order valence-electron chi connectivity index (χ3n) is 2.38. The molecule has 0 bridgehead atoms. The summed E-state index contributed by atoms with van der Waals surface area (Å²) >= 11 is 11.6. The Bertz CT molecular complexity index is 586. The zero-order valence-corrected chi connectivity index (χ0v) is 12.6. The predicted octanol–water partition coefficient (Wildman–Crippen LogP) is 2.66. The Morgan fingerprint density at radius 3 is 2.58 bits per heavy atom. The highest BCUT2D eigenvalue weighted by atomic mass is 35.5. The van der Waals surface area contributed by atoms with Gasteiger partial charge in [0.1, 0.15) is 4.90 Å². The second-order valence-corrected chi connectivity index (χ2v) is 6.43. The first-order valence-corrected chi connectivity index (χ1v) is 7.78. The molecule has 0 heterocycles. The molecular formula is C12H14Cl2N2O2S. The van der Waals surface area contributed by atoms with E-state index in [1.54, 1.807) is 0 Å². The van der Waals surface area contributed by atoms with Crippen molar-refractivity contribution >= 4 is 38.9 Å². The minimum atomic E-state index is -3.88. The molecule has 0 fully saturated rings. The van der Waals surface area contributed by atoms with Crippen LogP contribution in [0.25, 0.3) is 0 Å². The highest BCUT2D eigenvalue weighted by Gasteiger charge is 2.24. The Morgan fingerprint density at radius 2 is 2.11 bits per heavy atom. The summed E-state index contributed by atoms with van der Waals surface area (Å²) in [5.41, 5.74) is 5.64. The van der Waals surface area contributed by atoms with Gasteiger partial charge in [-0.1, -0.05) is 42.5 Å². The maximum atomic E-state index is 12.2. The lowest BCUT2D eigenvalue weighted by atomic mass is 10.2. The van der Waals surface area contributed by atoms with Crippen molar-refractivity contribution < 1.29 is 8.42 Å². The number of nitrogen functional groups attached to an aromatic ring is 1. The minimum absolute atomic E-state index is 0.0164. The van der Waals surface area contributed by atoms with Crippen LogP contribution >= 0.6 is 23.2 Å². The monoisotopic (exact) mass is 320 g/mol. The number of nitrogens with one attached hydrogen (secondary N) is 1. The van der Waals surface area contributed by atoms with Crippen LogP contribution in [-0.4, -0.2) is 14.5 Å². The lowest BCUT2D eigenvalue weighted by Crippen LogP contribution is -2.34. The van der Waals surface area contributed by atoms with Crippen molar-refractivity contribution in [1.29, 1.82) is 0 Å². The molecule has 1 rings (SSSR count). The van der Waals surface area contributed by atoms with Gasteiger partial charge < -0.3 is 5.73 Å². The number of terminal acetylenes is 1. The van der Waals surface area contributed by atoms with E-state index >= 15 is 0 Å². The number of hydrogen-bond acceptors (Lipinski definition) is 3. The van der Waals surface area contributed by atoms with Crippen molar-refractivity contribution in [3.8, 4) is 12.3 Å². The van der Waals surface area contributed by atoms with Crippen molar-refractivity contribution in [2.75, 3.05) is 5.73 Å². The quantitative estimate of drug-likeness (QED) is 0.647. The summed E-state index contributed by atoms with van der Waals surface area (Å²) in [7, 11) is -3.88. The molecule has 0 aliphatic rings. The van der Waals surface area contributed by atoms with E-state index in [9.17, 15) is 8.42 Å². The smallest absolute Gasteiger partial charge is 0.245 e. The summed E-state index contributed by atoms with van der Waals surface area (Å²) in [5, 5.41) is 0.230. The lowest BCUT2D eigenvalue weighted by molar-refractivity contribution is 0.565. The maximum Gasteiger partial charge on any atom is 0.245 e. The summed E-state index contributed by atoms with van der Waals surface area (Å²) in [6.07, 6.45) is 6.56. The molecule has 0 aliphatic heterocycles. The molecule has 1 aromatic rings. The average Bonchev–Trinajstić information content (AvgIpc) is 2.25. The van der Waals surface area contributed by atoms with Crippen molar-refractivity contribution in [3.63, 3.8) is 0 Å². The summed E-state index contributed by atoms with van der Waals surface area (Å²) < 4.78 is 26.8. The Balaban J connectivity index is 3.18. The van der Waals surface area contributed by atoms with Gasteiger partial charge in [-0.25, -0.2) is 8.42 Å². The summed E-state index contributed by atoms with van der Waals surface area (Å²) in [4.78, 5) is -0.199. The van der Waals surface area contributed by atoms with E-state index < -0.39 is 16.1 Å². The standard InChI is InChI=1S/C12H14Cl2N2O2S/c1-3-5-9(4-2)16-19(17,18)12-10(14)6-8(13)7-11(12)15/h2,6-7,9,16H,3,5,15H2,1H3. The molecule has 3 N–H and O–H groups in total. The van der Waals surface area contributed by atoms with E-state index in [1.807, 2.05) is 6.92 Å². The van der Waals surface area contributed by atoms with Gasteiger partial charge in [0.15, 0.2) is 0 Å². The minimum Gasteiger partial charge on any atom is -0.398 e. The molecule has 4 nitrogen and oxygen atoms in total. The molecule has 7 heteroatoms. The zero-order chi connectivity index (χ0) is 14.6. The summed E-state index contributed by atoms with van der Waals surface area (Å²) in [5.74, 6) is 2.38. The summed E-state index contributed by atoms with van der Waals surface area (Å²) in [6.45, 7) is 1.91. The number of benzene rings is 1. The van der Waals surface area contributed by atoms with Gasteiger partial charge in [0, 0.05) is 5.02 Å². The SMILES string of the molecule is C#CC(CCC)NS(=O)(=O)c1c(N)cc(Cl)cc1Cl. The van der Waals surface area contributed by atoms with Crippen LogP contribution in [0.2, 0.25) is 10.0 Å². The van der Waals surface area contributed by atoms with Crippen LogP contribution in [0.5, 0.6) is 0 Å². The van der Waals surface area contributed by atoms with E-state index in [-0.39, 0.29) is 20.6 Å². The van der Waals surface area contributed by atoms with Crippen molar-refractivity contribution in [2.45, 2.75) is 30.7 Å². The molecule has 19 heavy (non-hydrogen) atoms. The van der Waals surface area contributed by atoms with Gasteiger partial charge in [-0.2, -0.15) is 4.72 Å². The second kappa shape index (κ2) is 6.49. The number of hydrogen-bond donors (Lipinski definition) is 2. The third kappa shape index (κ3) is 4.02. The van der Waals surface area contributed by atoms with Crippen LogP contribution in [-0.2, 0) is 10.0 Å². The first-order valence-electron chi connectivity index (χ1n) is 5.54. The molecule has 0 saturated heterocycles. The van der Waals surface area contributed by atoms with Gasteiger partial charge in [-0.3, -0.25) is 0 Å². The summed E-state index contributed by atoms with van der Waals surface area (Å²) in [6, 6.07) is 2.05. The maximum absolute atomic E-state index is 12.2. The Morgan fingerprint density at radius 1 is 1.47 bits per heavy atom. The molecule has 1 aromatic carbocycles. The third-order valence-corrected chi connectivity index (χ3v) is 4.60. The van der Waals surface area contributed by atoms with E-state index in [0.717, 1.165) is 6.42 Å². The van der Waals surface area contributed by atoms with Crippen LogP contribution in [0.15, 0.2) is 17.0 Å². The fourth-order valence-corrected chi connectivity index (χ4v) is 3.75. The van der Waals surface area contributed by atoms with Gasteiger partial charge in [-0.05, 0) is 18.6 Å². The molecule has 1 unspecified atom stereocenters. The molecule has 0 spiro atoms. The molecule has 0 saturated carbocycles. The molecule has 0 aromatic heterocycles. The van der Waals surface area contributed by atoms with E-state index in [2.05, 4.69) is 10.6 Å². The molecule has 1 atom stereocenters. The Kier molecular flexibility index (Phi) is 5.50. The fourth-order valence-electron chi connectivity index (χ4n) is 1.57. The zero-order valence-electron chi connectivity index (χ0n) is 10.3. The first kappa shape index (κ1) is 16.1. The van der Waals surface area contributed by atoms with Gasteiger partial charge in [0.05, 0.1) is 16.8 Å². The highest BCUT2D eigenvalue weighted by molar-refractivity contribution is 7.89. The number of halogens is 2. The van der Waals surface area contributed by atoms with E-state index in [0.29, 0.717) is 6.42 Å². The van der Waals surface area contributed by atoms with Crippen molar-refractivity contribution in [1.82, 2.24) is 4.72 Å². The molecule has 0 aliphatic carbocycles. The van der Waals surface area contributed by atoms with Crippen molar-refractivity contribution in [2.24, 2.45) is 0 Å². The number of nitrogens with two attached hydrogens (primary N) is 1. The normalized spacial score (nSPS) is 12.9. The topological polar surface area (TPSA) is 72.2 Å². The largest absolute Gasteiger partial charge is 0.398 e. The van der Waals surface area contributed by atoms with Gasteiger partial charge >= 0.3 is 0 Å². The Hall–Kier alpha value is -0.930. The van der Waals surface area contributed by atoms with Crippen LogP contribution in [0.3, 0.4) is 0 Å².